The van der Waals surface area contributed by atoms with Crippen molar-refractivity contribution in [3.8, 4) is 23.0 Å². The Balaban J connectivity index is 1.19. The van der Waals surface area contributed by atoms with E-state index in [1.54, 1.807) is 36.4 Å². The van der Waals surface area contributed by atoms with E-state index in [0.29, 0.717) is 0 Å². The first-order valence-corrected chi connectivity index (χ1v) is 23.8. The predicted molar refractivity (Wildman–Crippen MR) is 265 cm³/mol. The van der Waals surface area contributed by atoms with Gasteiger partial charge in [0.2, 0.25) is 0 Å². The maximum atomic E-state index is 10.4. The average molecular weight is 855 g/mol. The van der Waals surface area contributed by atoms with Crippen LogP contribution in [0, 0.1) is 20.8 Å². The fourth-order valence-corrected chi connectivity index (χ4v) is 14.9. The van der Waals surface area contributed by atoms with Crippen molar-refractivity contribution < 1.29 is 19.8 Å². The van der Waals surface area contributed by atoms with E-state index in [4.69, 9.17) is 4.52 Å². The van der Waals surface area contributed by atoms with Crippen molar-refractivity contribution in [3.63, 3.8) is 0 Å². The third kappa shape index (κ3) is 7.72. The first-order chi connectivity index (χ1) is 31.1. The quantitative estimate of drug-likeness (QED) is 0.0846. The molecule has 316 valence electrons. The van der Waals surface area contributed by atoms with Gasteiger partial charge in [0, 0.05) is 0 Å². The van der Waals surface area contributed by atoms with Gasteiger partial charge in [-0.05, 0) is 24.3 Å². The molecule has 3 N–H and O–H groups in total. The van der Waals surface area contributed by atoms with Crippen molar-refractivity contribution in [2.24, 2.45) is 0 Å². The van der Waals surface area contributed by atoms with E-state index in [2.05, 4.69) is 172 Å². The minimum absolute atomic E-state index is 0.129. The minimum atomic E-state index is -4.02. The second-order valence-electron chi connectivity index (χ2n) is 16.8. The number of hydrogen-bond acceptors (Lipinski definition) is 4. The van der Waals surface area contributed by atoms with E-state index in [1.807, 2.05) is 36.4 Å². The molecule has 0 fully saturated rings. The first kappa shape index (κ1) is 41.9. The Morgan fingerprint density at radius 3 is 0.844 bits per heavy atom. The van der Waals surface area contributed by atoms with Crippen LogP contribution in [0.5, 0.6) is 23.0 Å². The van der Waals surface area contributed by atoms with Gasteiger partial charge in [-0.25, -0.2) is 0 Å². The third-order valence-corrected chi connectivity index (χ3v) is 18.3. The van der Waals surface area contributed by atoms with Gasteiger partial charge in [0.05, 0.1) is 0 Å². The summed E-state index contributed by atoms with van der Waals surface area (Å²) in [4.78, 5) is 0. The van der Waals surface area contributed by atoms with E-state index >= 15 is 0 Å². The fourth-order valence-electron chi connectivity index (χ4n) is 9.27. The van der Waals surface area contributed by atoms with Crippen molar-refractivity contribution >= 4 is 28.0 Å². The molecule has 0 aromatic heterocycles. The summed E-state index contributed by atoms with van der Waals surface area (Å²) in [5.74, 6) is 1.08. The number of rotatable bonds is 12. The van der Waals surface area contributed by atoms with Gasteiger partial charge >= 0.3 is 308 Å². The Morgan fingerprint density at radius 1 is 0.297 bits per heavy atom. The second-order valence-corrected chi connectivity index (χ2v) is 21.2. The van der Waals surface area contributed by atoms with Crippen LogP contribution in [0.2, 0.25) is 0 Å². The molecule has 5 heteroatoms. The van der Waals surface area contributed by atoms with Crippen LogP contribution in [0.3, 0.4) is 0 Å². The SMILES string of the molecule is Cc1ccc(P(Oc2ccc(C(c3ccc(O)cc3)c3ccc(C(c4ccc(O)cc4)c4ccc(O)cc4)cc3)cc2)(c2ccccc2)(c2ccc(C)cc2)c2ccc(C)cc2)cc1. The van der Waals surface area contributed by atoms with Gasteiger partial charge in [-0.2, -0.15) is 0 Å². The third-order valence-electron chi connectivity index (χ3n) is 12.6. The Morgan fingerprint density at radius 2 is 0.547 bits per heavy atom. The molecule has 0 spiro atoms. The molecule has 9 rings (SSSR count). The number of aromatic hydroxyl groups is 3. The Kier molecular flexibility index (Phi) is 11.4. The summed E-state index contributed by atoms with van der Waals surface area (Å²) in [6, 6.07) is 76.8. The molecule has 0 saturated carbocycles. The summed E-state index contributed by atoms with van der Waals surface area (Å²) < 4.78 is 8.02. The monoisotopic (exact) mass is 854 g/mol. The van der Waals surface area contributed by atoms with Crippen molar-refractivity contribution in [1.29, 1.82) is 0 Å². The molecule has 1 unspecified atom stereocenters. The standard InChI is InChI=1S/C59H51O4P/c1-41-9-35-55(36-10-41)64(54-7-5-4-6-8-54,56-37-11-42(2)12-38-56,57-39-13-43(3)14-40-57)63-53-33-25-49(26-34-53)59(48-23-31-52(62)32-24-48)45-17-15-44(16-18-45)58(46-19-27-50(60)28-20-46)47-21-29-51(61)30-22-47/h4-40,58-62H,1-3H3. The Labute approximate surface area is 376 Å². The molecule has 0 aliphatic heterocycles. The molecule has 0 saturated heterocycles. The average Bonchev–Trinajstić information content (AvgIpc) is 3.32. The van der Waals surface area contributed by atoms with E-state index in [0.717, 1.165) is 60.3 Å². The second kappa shape index (κ2) is 17.4. The summed E-state index contributed by atoms with van der Waals surface area (Å²) in [6.45, 7) is 2.36. The molecule has 1 atom stereocenters. The zero-order valence-corrected chi connectivity index (χ0v) is 37.1. The van der Waals surface area contributed by atoms with Gasteiger partial charge in [0.1, 0.15) is 11.5 Å². The van der Waals surface area contributed by atoms with E-state index in [1.165, 1.54) is 16.7 Å². The summed E-state index contributed by atoms with van der Waals surface area (Å²) >= 11 is 0. The number of aryl methyl sites for hydroxylation is 3. The van der Waals surface area contributed by atoms with Crippen LogP contribution >= 0.6 is 6.83 Å². The Hall–Kier alpha value is -7.39. The first-order valence-electron chi connectivity index (χ1n) is 21.7. The van der Waals surface area contributed by atoms with Crippen molar-refractivity contribution in [1.82, 2.24) is 0 Å². The van der Waals surface area contributed by atoms with Gasteiger partial charge in [-0.3, -0.25) is 0 Å². The van der Waals surface area contributed by atoms with Crippen LogP contribution in [-0.2, 0) is 0 Å². The summed E-state index contributed by atoms with van der Waals surface area (Å²) in [5, 5.41) is 35.0. The number of benzene rings is 9. The molecule has 0 heterocycles. The fraction of sp³-hybridized carbons (Fsp3) is 0.0847. The van der Waals surface area contributed by atoms with Crippen LogP contribution in [0.15, 0.2) is 224 Å². The molecule has 0 amide bonds. The number of phenols is 3. The van der Waals surface area contributed by atoms with E-state index < -0.39 is 6.83 Å². The van der Waals surface area contributed by atoms with Gasteiger partial charge in [0.15, 0.2) is 0 Å². The van der Waals surface area contributed by atoms with Gasteiger partial charge in [0.25, 0.3) is 0 Å². The molecule has 64 heavy (non-hydrogen) atoms. The summed E-state index contributed by atoms with van der Waals surface area (Å²) in [6.07, 6.45) is 0. The molecule has 0 radical (unpaired) electrons. The van der Waals surface area contributed by atoms with Crippen molar-refractivity contribution in [2.45, 2.75) is 32.6 Å². The maximum absolute atomic E-state index is 10.4. The number of phenolic OH excluding ortho intramolecular Hbond substituents is 3. The van der Waals surface area contributed by atoms with Crippen molar-refractivity contribution in [3.05, 3.63) is 275 Å². The molecular formula is C59H51O4P. The molecule has 0 aliphatic rings. The molecule has 0 bridgehead atoms. The topological polar surface area (TPSA) is 69.9 Å². The molecule has 9 aromatic rings. The van der Waals surface area contributed by atoms with E-state index in [-0.39, 0.29) is 29.1 Å². The van der Waals surface area contributed by atoms with Crippen LogP contribution in [0.4, 0.5) is 0 Å². The zero-order chi connectivity index (χ0) is 44.3. The summed E-state index contributed by atoms with van der Waals surface area (Å²) in [5.41, 5.74) is 9.84. The van der Waals surface area contributed by atoms with E-state index in [9.17, 15) is 15.3 Å². The van der Waals surface area contributed by atoms with Gasteiger partial charge < -0.3 is 10.2 Å². The zero-order valence-electron chi connectivity index (χ0n) is 36.2. The van der Waals surface area contributed by atoms with Gasteiger partial charge in [-0.15, -0.1) is 0 Å². The van der Waals surface area contributed by atoms with Crippen molar-refractivity contribution in [2.75, 3.05) is 0 Å². The number of hydrogen-bond donors (Lipinski definition) is 3. The Bertz CT molecular complexity index is 2810. The summed E-state index contributed by atoms with van der Waals surface area (Å²) in [7, 11) is 0. The van der Waals surface area contributed by atoms with Crippen LogP contribution in [0.25, 0.3) is 0 Å². The molecule has 4 nitrogen and oxygen atoms in total. The normalized spacial score (nSPS) is 12.6. The predicted octanol–water partition coefficient (Wildman–Crippen LogP) is 12.2. The molecule has 0 aliphatic carbocycles. The molecular weight excluding hydrogens is 804 g/mol. The van der Waals surface area contributed by atoms with Gasteiger partial charge in [-0.1, -0.05) is 24.3 Å². The van der Waals surface area contributed by atoms with Crippen LogP contribution in [-0.4, -0.2) is 15.3 Å². The van der Waals surface area contributed by atoms with Crippen LogP contribution < -0.4 is 25.7 Å². The van der Waals surface area contributed by atoms with Crippen LogP contribution in [0.1, 0.15) is 61.9 Å². The molecule has 9 aromatic carbocycles.